The summed E-state index contributed by atoms with van der Waals surface area (Å²) in [6, 6.07) is 9.91. The number of alkyl halides is 1. The SMILES string of the molecule is COC1=CC(OC)C(Cl)C(Nc2ncccc2-c2cc(Nc3ccc(OCC4CNC4)cc3[N+](=O)[O-])ncn2)=C1Cl. The fourth-order valence-electron chi connectivity index (χ4n) is 4.28. The Kier molecular flexibility index (Phi) is 8.84. The predicted molar refractivity (Wildman–Crippen MR) is 156 cm³/mol. The number of aromatic nitrogens is 3. The molecule has 2 atom stereocenters. The van der Waals surface area contributed by atoms with Crippen LogP contribution in [0, 0.1) is 16.0 Å². The zero-order valence-electron chi connectivity index (χ0n) is 22.1. The molecule has 2 unspecified atom stereocenters. The van der Waals surface area contributed by atoms with Crippen molar-refractivity contribution < 1.29 is 19.1 Å². The zero-order chi connectivity index (χ0) is 28.9. The second-order valence-electron chi connectivity index (χ2n) is 9.27. The molecule has 3 aromatic rings. The Labute approximate surface area is 245 Å². The van der Waals surface area contributed by atoms with Crippen LogP contribution in [0.25, 0.3) is 11.3 Å². The molecule has 0 spiro atoms. The number of halogens is 2. The Balaban J connectivity index is 1.40. The lowest BCUT2D eigenvalue weighted by Crippen LogP contribution is -2.45. The first-order valence-corrected chi connectivity index (χ1v) is 13.5. The molecule has 1 aromatic carbocycles. The van der Waals surface area contributed by atoms with Crippen molar-refractivity contribution in [2.24, 2.45) is 5.92 Å². The standard InChI is InChI=1S/C27H27Cl2N7O5/c1-39-21-10-22(40-2)25(29)26(24(21)28)35-27-17(4-3-7-31-27)19-9-23(33-14-32-19)34-18-6-5-16(8-20(18)36(37)38)41-13-15-11-30-12-15/h3-10,14-15,21,24,30H,11-13H2,1-2H3,(H,31,35)(H,32,33,34). The molecule has 214 valence electrons. The van der Waals surface area contributed by atoms with E-state index in [2.05, 4.69) is 30.9 Å². The second kappa shape index (κ2) is 12.7. The van der Waals surface area contributed by atoms with Gasteiger partial charge >= 0.3 is 0 Å². The van der Waals surface area contributed by atoms with Gasteiger partial charge in [-0.05, 0) is 30.3 Å². The molecule has 0 amide bonds. The number of nitrogens with zero attached hydrogens (tertiary/aromatic N) is 4. The quantitative estimate of drug-likeness (QED) is 0.158. The predicted octanol–water partition coefficient (Wildman–Crippen LogP) is 4.82. The summed E-state index contributed by atoms with van der Waals surface area (Å²) in [5.74, 6) is 2.02. The molecule has 1 fully saturated rings. The summed E-state index contributed by atoms with van der Waals surface area (Å²) in [7, 11) is 3.05. The molecule has 1 aliphatic heterocycles. The van der Waals surface area contributed by atoms with Crippen LogP contribution < -0.4 is 20.7 Å². The number of nitrogens with one attached hydrogen (secondary N) is 3. The molecule has 3 N–H and O–H groups in total. The van der Waals surface area contributed by atoms with Crippen LogP contribution in [-0.4, -0.2) is 65.3 Å². The molecular weight excluding hydrogens is 573 g/mol. The van der Waals surface area contributed by atoms with Crippen LogP contribution in [0.5, 0.6) is 5.75 Å². The number of methoxy groups -OCH3 is 2. The third kappa shape index (κ3) is 6.35. The summed E-state index contributed by atoms with van der Waals surface area (Å²) in [5, 5.41) is 20.9. The van der Waals surface area contributed by atoms with Gasteiger partial charge in [-0.1, -0.05) is 11.6 Å². The minimum atomic E-state index is -0.637. The van der Waals surface area contributed by atoms with Crippen molar-refractivity contribution in [3.05, 3.63) is 81.6 Å². The molecule has 0 saturated carbocycles. The van der Waals surface area contributed by atoms with Crippen molar-refractivity contribution >= 4 is 46.2 Å². The Hall–Kier alpha value is -3.97. The van der Waals surface area contributed by atoms with Crippen molar-refractivity contribution in [2.45, 2.75) is 11.5 Å². The summed E-state index contributed by atoms with van der Waals surface area (Å²) in [5.41, 5.74) is 1.69. The van der Waals surface area contributed by atoms with E-state index in [1.54, 1.807) is 43.6 Å². The van der Waals surface area contributed by atoms with Crippen LogP contribution in [0.4, 0.5) is 23.0 Å². The lowest BCUT2D eigenvalue weighted by atomic mass is 10.1. The van der Waals surface area contributed by atoms with Gasteiger partial charge in [-0.25, -0.2) is 15.0 Å². The number of allylic oxidation sites excluding steroid dienone is 1. The Morgan fingerprint density at radius 1 is 1.15 bits per heavy atom. The van der Waals surface area contributed by atoms with E-state index in [9.17, 15) is 10.1 Å². The number of anilines is 3. The van der Waals surface area contributed by atoms with E-state index in [4.69, 9.17) is 37.4 Å². The number of ether oxygens (including phenoxy) is 3. The minimum absolute atomic E-state index is 0.139. The van der Waals surface area contributed by atoms with E-state index in [1.165, 1.54) is 19.5 Å². The van der Waals surface area contributed by atoms with Gasteiger partial charge in [-0.2, -0.15) is 0 Å². The highest BCUT2D eigenvalue weighted by atomic mass is 35.5. The fraction of sp³-hybridized carbons (Fsp3) is 0.296. The van der Waals surface area contributed by atoms with E-state index in [0.717, 1.165) is 13.1 Å². The van der Waals surface area contributed by atoms with Gasteiger partial charge in [-0.15, -0.1) is 11.6 Å². The van der Waals surface area contributed by atoms with Gasteiger partial charge in [0, 0.05) is 43.9 Å². The summed E-state index contributed by atoms with van der Waals surface area (Å²) in [6.45, 7) is 2.25. The van der Waals surface area contributed by atoms with Gasteiger partial charge in [0.1, 0.15) is 51.7 Å². The Morgan fingerprint density at radius 2 is 1.98 bits per heavy atom. The number of benzene rings is 1. The van der Waals surface area contributed by atoms with Crippen LogP contribution in [0.2, 0.25) is 0 Å². The molecule has 0 bridgehead atoms. The van der Waals surface area contributed by atoms with Crippen LogP contribution in [-0.2, 0) is 9.47 Å². The smallest absolute Gasteiger partial charge is 0.296 e. The molecule has 0 radical (unpaired) electrons. The van der Waals surface area contributed by atoms with E-state index >= 15 is 0 Å². The molecule has 5 rings (SSSR count). The number of rotatable bonds is 11. The fourth-order valence-corrected chi connectivity index (χ4v) is 4.98. The molecular formula is C27H27Cl2N7O5. The Bertz CT molecular complexity index is 1500. The lowest BCUT2D eigenvalue weighted by molar-refractivity contribution is -0.384. The topological polar surface area (TPSA) is 146 Å². The molecule has 2 aliphatic rings. The van der Waals surface area contributed by atoms with Crippen LogP contribution in [0.1, 0.15) is 0 Å². The molecule has 3 heterocycles. The normalized spacial score (nSPS) is 18.8. The number of hydrogen-bond acceptors (Lipinski definition) is 11. The van der Waals surface area contributed by atoms with Crippen molar-refractivity contribution in [3.8, 4) is 17.0 Å². The van der Waals surface area contributed by atoms with Gasteiger partial charge in [0.05, 0.1) is 36.1 Å². The second-order valence-corrected chi connectivity index (χ2v) is 10.1. The summed E-state index contributed by atoms with van der Waals surface area (Å²) < 4.78 is 16.6. The summed E-state index contributed by atoms with van der Waals surface area (Å²) >= 11 is 13.2. The van der Waals surface area contributed by atoms with Crippen molar-refractivity contribution in [1.82, 2.24) is 20.3 Å². The van der Waals surface area contributed by atoms with Crippen LogP contribution in [0.3, 0.4) is 0 Å². The first-order chi connectivity index (χ1) is 19.9. The van der Waals surface area contributed by atoms with E-state index < -0.39 is 16.4 Å². The van der Waals surface area contributed by atoms with Gasteiger partial charge in [-0.3, -0.25) is 10.1 Å². The van der Waals surface area contributed by atoms with Crippen molar-refractivity contribution in [2.75, 3.05) is 44.5 Å². The van der Waals surface area contributed by atoms with Crippen LogP contribution in [0.15, 0.2) is 71.5 Å². The zero-order valence-corrected chi connectivity index (χ0v) is 23.6. The first kappa shape index (κ1) is 28.6. The average molecular weight is 600 g/mol. The summed E-state index contributed by atoms with van der Waals surface area (Å²) in [4.78, 5) is 24.5. The lowest BCUT2D eigenvalue weighted by Gasteiger charge is -2.28. The molecule has 41 heavy (non-hydrogen) atoms. The van der Waals surface area contributed by atoms with Crippen molar-refractivity contribution in [3.63, 3.8) is 0 Å². The minimum Gasteiger partial charge on any atom is -0.495 e. The van der Waals surface area contributed by atoms with Crippen molar-refractivity contribution in [1.29, 1.82) is 0 Å². The highest BCUT2D eigenvalue weighted by Crippen LogP contribution is 2.36. The van der Waals surface area contributed by atoms with Gasteiger partial charge in [0.25, 0.3) is 5.69 Å². The highest BCUT2D eigenvalue weighted by molar-refractivity contribution is 6.34. The van der Waals surface area contributed by atoms with E-state index in [1.807, 2.05) is 6.07 Å². The maximum atomic E-state index is 11.8. The number of pyridine rings is 1. The number of nitro benzene ring substituents is 1. The van der Waals surface area contributed by atoms with Gasteiger partial charge in [0.15, 0.2) is 0 Å². The average Bonchev–Trinajstić information content (AvgIpc) is 2.95. The maximum Gasteiger partial charge on any atom is 0.296 e. The maximum absolute atomic E-state index is 11.8. The molecule has 14 heteroatoms. The third-order valence-electron chi connectivity index (χ3n) is 6.61. The third-order valence-corrected chi connectivity index (χ3v) is 7.47. The number of hydrogen-bond donors (Lipinski definition) is 3. The monoisotopic (exact) mass is 599 g/mol. The Morgan fingerprint density at radius 3 is 2.68 bits per heavy atom. The molecule has 1 aliphatic carbocycles. The molecule has 2 aromatic heterocycles. The van der Waals surface area contributed by atoms with E-state index in [0.29, 0.717) is 57.7 Å². The first-order valence-electron chi connectivity index (χ1n) is 12.6. The molecule has 1 saturated heterocycles. The number of nitro groups is 1. The van der Waals surface area contributed by atoms with Gasteiger partial charge in [0.2, 0.25) is 0 Å². The van der Waals surface area contributed by atoms with Gasteiger partial charge < -0.3 is 30.2 Å². The molecule has 12 nitrogen and oxygen atoms in total. The van der Waals surface area contributed by atoms with Crippen LogP contribution >= 0.6 is 23.2 Å². The highest BCUT2D eigenvalue weighted by Gasteiger charge is 2.32. The largest absolute Gasteiger partial charge is 0.495 e. The summed E-state index contributed by atoms with van der Waals surface area (Å²) in [6.07, 6.45) is 4.19. The van der Waals surface area contributed by atoms with E-state index in [-0.39, 0.29) is 11.4 Å².